The van der Waals surface area contributed by atoms with Crippen molar-refractivity contribution < 1.29 is 8.81 Å². The highest BCUT2D eigenvalue weighted by Crippen LogP contribution is 2.19. The van der Waals surface area contributed by atoms with E-state index >= 15 is 0 Å². The Kier molecular flexibility index (Phi) is 4.33. The third kappa shape index (κ3) is 3.54. The number of rotatable bonds is 3. The molecule has 0 saturated heterocycles. The van der Waals surface area contributed by atoms with Crippen LogP contribution in [0.5, 0.6) is 0 Å². The second kappa shape index (κ2) is 5.97. The predicted octanol–water partition coefficient (Wildman–Crippen LogP) is 3.67. The van der Waals surface area contributed by atoms with Crippen LogP contribution < -0.4 is 10.6 Å². The van der Waals surface area contributed by atoms with Crippen LogP contribution in [0.25, 0.3) is 0 Å². The topological polar surface area (TPSA) is 37.2 Å². The van der Waals surface area contributed by atoms with Crippen LogP contribution in [0.2, 0.25) is 0 Å². The van der Waals surface area contributed by atoms with E-state index in [4.69, 9.17) is 16.6 Å². The minimum Gasteiger partial charge on any atom is -0.467 e. The highest BCUT2D eigenvalue weighted by atomic mass is 79.9. The van der Waals surface area contributed by atoms with E-state index in [1.165, 1.54) is 6.07 Å². The minimum atomic E-state index is -0.369. The molecule has 0 fully saturated rings. The molecule has 1 heterocycles. The average molecular weight is 329 g/mol. The molecule has 0 amide bonds. The van der Waals surface area contributed by atoms with Crippen LogP contribution in [0, 0.1) is 5.82 Å². The van der Waals surface area contributed by atoms with Crippen LogP contribution in [0.3, 0.4) is 0 Å². The van der Waals surface area contributed by atoms with Gasteiger partial charge in [0.05, 0.1) is 18.5 Å². The second-order valence-electron chi connectivity index (χ2n) is 3.51. The summed E-state index contributed by atoms with van der Waals surface area (Å²) < 4.78 is 19.3. The fourth-order valence-corrected chi connectivity index (χ4v) is 1.85. The summed E-state index contributed by atoms with van der Waals surface area (Å²) in [5.74, 6) is 0.391. The van der Waals surface area contributed by atoms with Gasteiger partial charge in [0.1, 0.15) is 11.6 Å². The number of furan rings is 1. The summed E-state index contributed by atoms with van der Waals surface area (Å²) in [6, 6.07) is 8.34. The molecule has 1 aromatic carbocycles. The molecule has 0 aliphatic carbocycles. The van der Waals surface area contributed by atoms with Crippen LogP contribution in [-0.4, -0.2) is 5.11 Å². The van der Waals surface area contributed by atoms with Crippen LogP contribution in [0.15, 0.2) is 45.5 Å². The van der Waals surface area contributed by atoms with Gasteiger partial charge in [-0.15, -0.1) is 0 Å². The van der Waals surface area contributed by atoms with Crippen molar-refractivity contribution in [2.24, 2.45) is 0 Å². The maximum atomic E-state index is 13.5. The van der Waals surface area contributed by atoms with Crippen LogP contribution in [0.1, 0.15) is 5.76 Å². The van der Waals surface area contributed by atoms with E-state index in [1.807, 2.05) is 6.07 Å². The lowest BCUT2D eigenvalue weighted by Crippen LogP contribution is -2.28. The van der Waals surface area contributed by atoms with Gasteiger partial charge in [0, 0.05) is 4.47 Å². The molecule has 0 saturated carbocycles. The van der Waals surface area contributed by atoms with Crippen LogP contribution >= 0.6 is 28.1 Å². The number of halogens is 2. The van der Waals surface area contributed by atoms with Crippen molar-refractivity contribution in [3.05, 3.63) is 52.6 Å². The molecule has 0 unspecified atom stereocenters. The van der Waals surface area contributed by atoms with Crippen molar-refractivity contribution in [3.8, 4) is 0 Å². The fraction of sp³-hybridized carbons (Fsp3) is 0.0833. The number of nitrogens with one attached hydrogen (secondary N) is 2. The number of thiocarbonyl (C=S) groups is 1. The molecule has 2 aromatic rings. The molecule has 6 heteroatoms. The highest BCUT2D eigenvalue weighted by molar-refractivity contribution is 9.10. The Morgan fingerprint density at radius 1 is 1.39 bits per heavy atom. The number of hydrogen-bond acceptors (Lipinski definition) is 2. The maximum absolute atomic E-state index is 13.5. The number of anilines is 1. The van der Waals surface area contributed by atoms with Gasteiger partial charge in [-0.25, -0.2) is 4.39 Å². The molecule has 18 heavy (non-hydrogen) atoms. The van der Waals surface area contributed by atoms with Gasteiger partial charge in [-0.2, -0.15) is 0 Å². The van der Waals surface area contributed by atoms with Crippen molar-refractivity contribution in [2.45, 2.75) is 6.54 Å². The summed E-state index contributed by atoms with van der Waals surface area (Å²) in [5, 5.41) is 6.05. The monoisotopic (exact) mass is 328 g/mol. The van der Waals surface area contributed by atoms with Crippen molar-refractivity contribution in [3.63, 3.8) is 0 Å². The normalized spacial score (nSPS) is 10.1. The van der Waals surface area contributed by atoms with Gasteiger partial charge < -0.3 is 15.1 Å². The SMILES string of the molecule is Fc1cc(Br)ccc1NC(=S)NCc1ccco1. The van der Waals surface area contributed by atoms with Gasteiger partial charge >= 0.3 is 0 Å². The molecular formula is C12H10BrFN2OS. The quantitative estimate of drug-likeness (QED) is 0.843. The van der Waals surface area contributed by atoms with Gasteiger partial charge in [-0.3, -0.25) is 0 Å². The Bertz CT molecular complexity index is 545. The Morgan fingerprint density at radius 3 is 2.89 bits per heavy atom. The summed E-state index contributed by atoms with van der Waals surface area (Å²) in [7, 11) is 0. The average Bonchev–Trinajstić information content (AvgIpc) is 2.83. The fourth-order valence-electron chi connectivity index (χ4n) is 1.34. The van der Waals surface area contributed by atoms with Crippen LogP contribution in [0.4, 0.5) is 10.1 Å². The van der Waals surface area contributed by atoms with Crippen molar-refractivity contribution in [1.82, 2.24) is 5.32 Å². The van der Waals surface area contributed by atoms with E-state index in [1.54, 1.807) is 24.5 Å². The van der Waals surface area contributed by atoms with Gasteiger partial charge in [0.25, 0.3) is 0 Å². The van der Waals surface area contributed by atoms with E-state index < -0.39 is 0 Å². The zero-order valence-electron chi connectivity index (χ0n) is 9.24. The van der Waals surface area contributed by atoms with E-state index in [0.717, 1.165) is 5.76 Å². The first-order valence-corrected chi connectivity index (χ1v) is 6.37. The first-order valence-electron chi connectivity index (χ1n) is 5.17. The summed E-state index contributed by atoms with van der Waals surface area (Å²) in [4.78, 5) is 0. The summed E-state index contributed by atoms with van der Waals surface area (Å²) in [5.41, 5.74) is 0.329. The minimum absolute atomic E-state index is 0.329. The standard InChI is InChI=1S/C12H10BrFN2OS/c13-8-3-4-11(10(14)6-8)16-12(18)15-7-9-2-1-5-17-9/h1-6H,7H2,(H2,15,16,18). The van der Waals surface area contributed by atoms with Gasteiger partial charge in [0.2, 0.25) is 0 Å². The van der Waals surface area contributed by atoms with Gasteiger partial charge in [0.15, 0.2) is 5.11 Å². The molecule has 94 valence electrons. The first-order chi connectivity index (χ1) is 8.65. The maximum Gasteiger partial charge on any atom is 0.171 e. The zero-order chi connectivity index (χ0) is 13.0. The summed E-state index contributed by atoms with van der Waals surface area (Å²) in [6.07, 6.45) is 1.59. The molecule has 0 atom stereocenters. The van der Waals surface area contributed by atoms with E-state index in [2.05, 4.69) is 26.6 Å². The largest absolute Gasteiger partial charge is 0.467 e. The molecular weight excluding hydrogens is 319 g/mol. The lowest BCUT2D eigenvalue weighted by atomic mass is 10.3. The summed E-state index contributed by atoms with van der Waals surface area (Å²) >= 11 is 8.25. The summed E-state index contributed by atoms with van der Waals surface area (Å²) in [6.45, 7) is 0.455. The van der Waals surface area contributed by atoms with Crippen molar-refractivity contribution >= 4 is 38.9 Å². The van der Waals surface area contributed by atoms with Gasteiger partial charge in [-0.05, 0) is 42.5 Å². The highest BCUT2D eigenvalue weighted by Gasteiger charge is 2.05. The number of hydrogen-bond donors (Lipinski definition) is 2. The lowest BCUT2D eigenvalue weighted by Gasteiger charge is -2.10. The van der Waals surface area contributed by atoms with Crippen LogP contribution in [-0.2, 0) is 6.54 Å². The smallest absolute Gasteiger partial charge is 0.171 e. The molecule has 0 aliphatic rings. The van der Waals surface area contributed by atoms with Crippen molar-refractivity contribution in [1.29, 1.82) is 0 Å². The molecule has 0 bridgehead atoms. The Balaban J connectivity index is 1.91. The van der Waals surface area contributed by atoms with E-state index in [-0.39, 0.29) is 5.82 Å². The third-order valence-electron chi connectivity index (χ3n) is 2.18. The predicted molar refractivity (Wildman–Crippen MR) is 75.9 cm³/mol. The molecule has 0 radical (unpaired) electrons. The Labute approximate surface area is 118 Å². The molecule has 0 aliphatic heterocycles. The third-order valence-corrected chi connectivity index (χ3v) is 2.92. The first kappa shape index (κ1) is 13.0. The van der Waals surface area contributed by atoms with Crippen molar-refractivity contribution in [2.75, 3.05) is 5.32 Å². The number of benzene rings is 1. The second-order valence-corrected chi connectivity index (χ2v) is 4.84. The molecule has 1 aromatic heterocycles. The van der Waals surface area contributed by atoms with Gasteiger partial charge in [-0.1, -0.05) is 15.9 Å². The molecule has 3 nitrogen and oxygen atoms in total. The Morgan fingerprint density at radius 2 is 2.22 bits per heavy atom. The van der Waals surface area contributed by atoms with E-state index in [0.29, 0.717) is 21.8 Å². The molecule has 0 spiro atoms. The lowest BCUT2D eigenvalue weighted by molar-refractivity contribution is 0.503. The zero-order valence-corrected chi connectivity index (χ0v) is 11.6. The molecule has 2 rings (SSSR count). The van der Waals surface area contributed by atoms with E-state index in [9.17, 15) is 4.39 Å². The Hall–Kier alpha value is -1.40. The molecule has 2 N–H and O–H groups in total.